The van der Waals surface area contributed by atoms with Crippen LogP contribution in [0.4, 0.5) is 22.9 Å². The van der Waals surface area contributed by atoms with E-state index in [1.54, 1.807) is 12.4 Å². The van der Waals surface area contributed by atoms with Gasteiger partial charge in [-0.3, -0.25) is 9.88 Å². The first-order valence-corrected chi connectivity index (χ1v) is 9.56. The maximum absolute atomic E-state index is 4.59. The summed E-state index contributed by atoms with van der Waals surface area (Å²) >= 11 is 0. The number of benzene rings is 1. The van der Waals surface area contributed by atoms with Crippen molar-refractivity contribution in [2.45, 2.75) is 13.1 Å². The van der Waals surface area contributed by atoms with Crippen LogP contribution in [0.25, 0.3) is 0 Å². The summed E-state index contributed by atoms with van der Waals surface area (Å²) in [5.41, 5.74) is 5.86. The largest absolute Gasteiger partial charge is 0.383 e. The Morgan fingerprint density at radius 3 is 2.75 bits per heavy atom. The number of nitrogens with zero attached hydrogens (tertiary/aromatic N) is 4. The molecule has 6 nitrogen and oxygen atoms in total. The van der Waals surface area contributed by atoms with Gasteiger partial charge in [-0.1, -0.05) is 12.1 Å². The lowest BCUT2D eigenvalue weighted by molar-refractivity contribution is 0.271. The van der Waals surface area contributed by atoms with Crippen molar-refractivity contribution in [1.82, 2.24) is 14.9 Å². The third kappa shape index (κ3) is 4.40. The van der Waals surface area contributed by atoms with E-state index in [0.29, 0.717) is 0 Å². The maximum Gasteiger partial charge on any atom is 0.132 e. The van der Waals surface area contributed by atoms with E-state index in [-0.39, 0.29) is 0 Å². The summed E-state index contributed by atoms with van der Waals surface area (Å²) in [7, 11) is 4.13. The molecule has 1 aliphatic heterocycles. The summed E-state index contributed by atoms with van der Waals surface area (Å²) < 4.78 is 0. The van der Waals surface area contributed by atoms with Gasteiger partial charge in [-0.25, -0.2) is 4.98 Å². The number of aromatic nitrogens is 2. The zero-order valence-electron chi connectivity index (χ0n) is 16.4. The first kappa shape index (κ1) is 18.3. The van der Waals surface area contributed by atoms with E-state index in [1.807, 2.05) is 18.3 Å². The maximum atomic E-state index is 4.59. The number of pyridine rings is 2. The summed E-state index contributed by atoms with van der Waals surface area (Å²) in [6, 6.07) is 14.8. The Morgan fingerprint density at radius 2 is 2.00 bits per heavy atom. The standard InChI is InChI=1S/C22H26N6/c1-27(2)20-7-5-17(6-8-20)15-28-11-10-24-21-12-22(25-13-18(21)16-28)26-19-4-3-9-23-14-19/h3-9,12-14,24H,10-11,15-16H2,1-2H3,(H,25,26). The van der Waals surface area contributed by atoms with Crippen molar-refractivity contribution in [2.24, 2.45) is 0 Å². The van der Waals surface area contributed by atoms with Gasteiger partial charge in [0.2, 0.25) is 0 Å². The third-order valence-corrected chi connectivity index (χ3v) is 4.92. The van der Waals surface area contributed by atoms with Crippen molar-refractivity contribution in [3.63, 3.8) is 0 Å². The predicted octanol–water partition coefficient (Wildman–Crippen LogP) is 3.71. The molecular weight excluding hydrogens is 348 g/mol. The number of hydrogen-bond acceptors (Lipinski definition) is 6. The summed E-state index contributed by atoms with van der Waals surface area (Å²) in [4.78, 5) is 13.3. The number of nitrogens with one attached hydrogen (secondary N) is 2. The zero-order chi connectivity index (χ0) is 19.3. The van der Waals surface area contributed by atoms with Gasteiger partial charge in [0, 0.05) is 75.7 Å². The Labute approximate surface area is 166 Å². The van der Waals surface area contributed by atoms with E-state index < -0.39 is 0 Å². The summed E-state index contributed by atoms with van der Waals surface area (Å²) in [6.45, 7) is 3.73. The lowest BCUT2D eigenvalue weighted by atomic mass is 10.1. The van der Waals surface area contributed by atoms with Crippen molar-refractivity contribution in [3.05, 3.63) is 72.2 Å². The molecule has 0 spiro atoms. The molecule has 0 bridgehead atoms. The van der Waals surface area contributed by atoms with Crippen molar-refractivity contribution in [3.8, 4) is 0 Å². The highest BCUT2D eigenvalue weighted by molar-refractivity contribution is 5.63. The van der Waals surface area contributed by atoms with Crippen LogP contribution in [-0.2, 0) is 13.1 Å². The van der Waals surface area contributed by atoms with Gasteiger partial charge in [0.15, 0.2) is 0 Å². The molecule has 0 saturated carbocycles. The van der Waals surface area contributed by atoms with Crippen LogP contribution in [-0.4, -0.2) is 42.1 Å². The second-order valence-corrected chi connectivity index (χ2v) is 7.29. The summed E-state index contributed by atoms with van der Waals surface area (Å²) in [5.74, 6) is 0.826. The van der Waals surface area contributed by atoms with Gasteiger partial charge in [-0.15, -0.1) is 0 Å². The number of anilines is 4. The minimum atomic E-state index is 0.826. The second kappa shape index (κ2) is 8.27. The molecular formula is C22H26N6. The van der Waals surface area contributed by atoms with Crippen LogP contribution in [0.3, 0.4) is 0 Å². The van der Waals surface area contributed by atoms with Gasteiger partial charge in [0.25, 0.3) is 0 Å². The Hall–Kier alpha value is -3.12. The fourth-order valence-electron chi connectivity index (χ4n) is 3.39. The van der Waals surface area contributed by atoms with E-state index in [9.17, 15) is 0 Å². The Bertz CT molecular complexity index is 908. The first-order valence-electron chi connectivity index (χ1n) is 9.56. The van der Waals surface area contributed by atoms with Gasteiger partial charge in [0.1, 0.15) is 5.82 Å². The molecule has 0 saturated heterocycles. The van der Waals surface area contributed by atoms with Crippen LogP contribution in [0, 0.1) is 0 Å². The van der Waals surface area contributed by atoms with Crippen LogP contribution in [0.15, 0.2) is 61.1 Å². The monoisotopic (exact) mass is 374 g/mol. The molecule has 4 rings (SSSR count). The number of fused-ring (bicyclic) bond motifs is 1. The zero-order valence-corrected chi connectivity index (χ0v) is 16.4. The smallest absolute Gasteiger partial charge is 0.132 e. The molecule has 3 heterocycles. The quantitative estimate of drug-likeness (QED) is 0.710. The van der Waals surface area contributed by atoms with Gasteiger partial charge >= 0.3 is 0 Å². The molecule has 6 heteroatoms. The average Bonchev–Trinajstić information content (AvgIpc) is 2.90. The normalized spacial score (nSPS) is 13.9. The highest BCUT2D eigenvalue weighted by Gasteiger charge is 2.15. The predicted molar refractivity (Wildman–Crippen MR) is 115 cm³/mol. The van der Waals surface area contributed by atoms with Crippen molar-refractivity contribution >= 4 is 22.9 Å². The van der Waals surface area contributed by atoms with E-state index in [2.05, 4.69) is 74.8 Å². The van der Waals surface area contributed by atoms with Crippen LogP contribution >= 0.6 is 0 Å². The molecule has 0 aliphatic carbocycles. The Morgan fingerprint density at radius 1 is 1.14 bits per heavy atom. The third-order valence-electron chi connectivity index (χ3n) is 4.92. The summed E-state index contributed by atoms with van der Waals surface area (Å²) in [5, 5.41) is 6.86. The van der Waals surface area contributed by atoms with E-state index >= 15 is 0 Å². The molecule has 1 aromatic carbocycles. The minimum Gasteiger partial charge on any atom is -0.383 e. The van der Waals surface area contributed by atoms with Crippen LogP contribution in [0.2, 0.25) is 0 Å². The first-order chi connectivity index (χ1) is 13.7. The lowest BCUT2D eigenvalue weighted by Gasteiger charge is -2.20. The number of hydrogen-bond donors (Lipinski definition) is 2. The molecule has 0 radical (unpaired) electrons. The van der Waals surface area contributed by atoms with E-state index in [0.717, 1.165) is 43.4 Å². The summed E-state index contributed by atoms with van der Waals surface area (Å²) in [6.07, 6.45) is 5.53. The molecule has 0 unspecified atom stereocenters. The molecule has 0 fully saturated rings. The van der Waals surface area contributed by atoms with Crippen LogP contribution in [0.5, 0.6) is 0 Å². The molecule has 0 atom stereocenters. The van der Waals surface area contributed by atoms with E-state index in [1.165, 1.54) is 16.8 Å². The lowest BCUT2D eigenvalue weighted by Crippen LogP contribution is -2.25. The fraction of sp³-hybridized carbons (Fsp3) is 0.273. The highest BCUT2D eigenvalue weighted by atomic mass is 15.2. The topological polar surface area (TPSA) is 56.3 Å². The molecule has 144 valence electrons. The van der Waals surface area contributed by atoms with Crippen molar-refractivity contribution < 1.29 is 0 Å². The van der Waals surface area contributed by atoms with E-state index in [4.69, 9.17) is 0 Å². The number of rotatable bonds is 5. The van der Waals surface area contributed by atoms with Gasteiger partial charge < -0.3 is 15.5 Å². The molecule has 28 heavy (non-hydrogen) atoms. The Kier molecular flexibility index (Phi) is 5.39. The molecule has 2 aromatic heterocycles. The minimum absolute atomic E-state index is 0.826. The average molecular weight is 374 g/mol. The SMILES string of the molecule is CN(C)c1ccc(CN2CCNc3cc(Nc4cccnc4)ncc3C2)cc1. The van der Waals surface area contributed by atoms with Crippen molar-refractivity contribution in [2.75, 3.05) is 42.7 Å². The van der Waals surface area contributed by atoms with Crippen LogP contribution in [0.1, 0.15) is 11.1 Å². The molecule has 1 aliphatic rings. The van der Waals surface area contributed by atoms with Gasteiger partial charge in [0.05, 0.1) is 11.9 Å². The molecule has 2 N–H and O–H groups in total. The Balaban J connectivity index is 1.44. The molecule has 0 amide bonds. The second-order valence-electron chi connectivity index (χ2n) is 7.29. The van der Waals surface area contributed by atoms with Gasteiger partial charge in [-0.2, -0.15) is 0 Å². The van der Waals surface area contributed by atoms with Crippen molar-refractivity contribution in [1.29, 1.82) is 0 Å². The highest BCUT2D eigenvalue weighted by Crippen LogP contribution is 2.25. The fourth-order valence-corrected chi connectivity index (χ4v) is 3.39. The van der Waals surface area contributed by atoms with Crippen LogP contribution < -0.4 is 15.5 Å². The molecule has 3 aromatic rings. The van der Waals surface area contributed by atoms with Gasteiger partial charge in [-0.05, 0) is 29.8 Å².